The van der Waals surface area contributed by atoms with Crippen molar-refractivity contribution in [3.05, 3.63) is 93.9 Å². The molecule has 0 fully saturated rings. The maximum absolute atomic E-state index is 13.0. The van der Waals surface area contributed by atoms with E-state index in [1.54, 1.807) is 18.2 Å². The summed E-state index contributed by atoms with van der Waals surface area (Å²) >= 11 is 9.49. The van der Waals surface area contributed by atoms with Crippen LogP contribution in [0, 0.1) is 0 Å². The molecule has 0 saturated carbocycles. The van der Waals surface area contributed by atoms with Crippen molar-refractivity contribution in [1.82, 2.24) is 4.98 Å². The first-order valence-corrected chi connectivity index (χ1v) is 9.50. The Hall–Kier alpha value is -2.69. The number of fused-ring (bicyclic) bond motifs is 1. The number of carbonyl (C=O) groups excluding carboxylic acids is 1. The SMILES string of the molecule is O=C(Nc1ccc(Br)c(Cl)c1)c1cc(-c2ccccc2)nc2ccccc12. The lowest BCUT2D eigenvalue weighted by Gasteiger charge is -2.11. The number of aromatic nitrogens is 1. The van der Waals surface area contributed by atoms with Crippen molar-refractivity contribution in [2.75, 3.05) is 5.32 Å². The number of hydrogen-bond acceptors (Lipinski definition) is 2. The summed E-state index contributed by atoms with van der Waals surface area (Å²) in [6.45, 7) is 0. The van der Waals surface area contributed by atoms with E-state index in [9.17, 15) is 4.79 Å². The Morgan fingerprint density at radius 1 is 0.926 bits per heavy atom. The summed E-state index contributed by atoms with van der Waals surface area (Å²) in [5.74, 6) is -0.204. The van der Waals surface area contributed by atoms with Gasteiger partial charge in [-0.1, -0.05) is 60.1 Å². The predicted octanol–water partition coefficient (Wildman–Crippen LogP) is 6.57. The molecule has 0 radical (unpaired) electrons. The van der Waals surface area contributed by atoms with E-state index < -0.39 is 0 Å². The molecule has 0 spiro atoms. The van der Waals surface area contributed by atoms with Gasteiger partial charge < -0.3 is 5.32 Å². The Labute approximate surface area is 170 Å². The molecular formula is C22H14BrClN2O. The molecule has 1 amide bonds. The largest absolute Gasteiger partial charge is 0.322 e. The number of para-hydroxylation sites is 1. The van der Waals surface area contributed by atoms with Crippen molar-refractivity contribution in [1.29, 1.82) is 0 Å². The van der Waals surface area contributed by atoms with E-state index in [0.29, 0.717) is 16.3 Å². The van der Waals surface area contributed by atoms with Crippen molar-refractivity contribution >= 4 is 50.0 Å². The van der Waals surface area contributed by atoms with Crippen LogP contribution in [0.5, 0.6) is 0 Å². The molecule has 0 aliphatic carbocycles. The van der Waals surface area contributed by atoms with Crippen LogP contribution in [0.3, 0.4) is 0 Å². The van der Waals surface area contributed by atoms with Gasteiger partial charge in [-0.15, -0.1) is 0 Å². The van der Waals surface area contributed by atoms with E-state index in [0.717, 1.165) is 26.6 Å². The number of carbonyl (C=O) groups is 1. The van der Waals surface area contributed by atoms with E-state index in [-0.39, 0.29) is 5.91 Å². The van der Waals surface area contributed by atoms with E-state index in [1.165, 1.54) is 0 Å². The van der Waals surface area contributed by atoms with E-state index in [4.69, 9.17) is 16.6 Å². The van der Waals surface area contributed by atoms with Crippen molar-refractivity contribution in [3.63, 3.8) is 0 Å². The van der Waals surface area contributed by atoms with Gasteiger partial charge in [0, 0.05) is 21.1 Å². The minimum atomic E-state index is -0.204. The quantitative estimate of drug-likeness (QED) is 0.394. The first kappa shape index (κ1) is 17.7. The molecule has 5 heteroatoms. The number of hydrogen-bond donors (Lipinski definition) is 1. The maximum Gasteiger partial charge on any atom is 0.256 e. The lowest BCUT2D eigenvalue weighted by atomic mass is 10.0. The number of pyridine rings is 1. The zero-order chi connectivity index (χ0) is 18.8. The van der Waals surface area contributed by atoms with Gasteiger partial charge in [-0.05, 0) is 46.3 Å². The van der Waals surface area contributed by atoms with Crippen LogP contribution < -0.4 is 5.32 Å². The molecule has 1 aromatic heterocycles. The second-order valence-electron chi connectivity index (χ2n) is 6.02. The summed E-state index contributed by atoms with van der Waals surface area (Å²) in [5.41, 5.74) is 3.70. The first-order valence-electron chi connectivity index (χ1n) is 8.33. The Morgan fingerprint density at radius 2 is 1.67 bits per heavy atom. The average Bonchev–Trinajstić information content (AvgIpc) is 2.70. The van der Waals surface area contributed by atoms with Gasteiger partial charge in [-0.3, -0.25) is 4.79 Å². The number of amides is 1. The Kier molecular flexibility index (Phi) is 4.92. The second-order valence-corrected chi connectivity index (χ2v) is 7.28. The van der Waals surface area contributed by atoms with Gasteiger partial charge >= 0.3 is 0 Å². The third kappa shape index (κ3) is 3.72. The third-order valence-electron chi connectivity index (χ3n) is 4.21. The van der Waals surface area contributed by atoms with Crippen LogP contribution in [0.1, 0.15) is 10.4 Å². The number of nitrogens with zero attached hydrogens (tertiary/aromatic N) is 1. The van der Waals surface area contributed by atoms with E-state index in [2.05, 4.69) is 21.2 Å². The first-order chi connectivity index (χ1) is 13.1. The van der Waals surface area contributed by atoms with Crippen LogP contribution in [-0.2, 0) is 0 Å². The minimum Gasteiger partial charge on any atom is -0.322 e. The molecule has 4 rings (SSSR count). The molecule has 0 bridgehead atoms. The van der Waals surface area contributed by atoms with Crippen LogP contribution in [0.2, 0.25) is 5.02 Å². The summed E-state index contributed by atoms with van der Waals surface area (Å²) < 4.78 is 0.780. The van der Waals surface area contributed by atoms with Gasteiger partial charge in [0.05, 0.1) is 21.8 Å². The molecule has 27 heavy (non-hydrogen) atoms. The molecule has 1 heterocycles. The minimum absolute atomic E-state index is 0.204. The fourth-order valence-electron chi connectivity index (χ4n) is 2.89. The highest BCUT2D eigenvalue weighted by Gasteiger charge is 2.14. The molecule has 0 saturated heterocycles. The smallest absolute Gasteiger partial charge is 0.256 e. The van der Waals surface area contributed by atoms with E-state index >= 15 is 0 Å². The Bertz CT molecular complexity index is 1150. The monoisotopic (exact) mass is 436 g/mol. The highest BCUT2D eigenvalue weighted by molar-refractivity contribution is 9.10. The van der Waals surface area contributed by atoms with Crippen molar-refractivity contribution < 1.29 is 4.79 Å². The van der Waals surface area contributed by atoms with Gasteiger partial charge in [0.25, 0.3) is 5.91 Å². The predicted molar refractivity (Wildman–Crippen MR) is 114 cm³/mol. The summed E-state index contributed by atoms with van der Waals surface area (Å²) in [4.78, 5) is 17.7. The Balaban J connectivity index is 1.79. The summed E-state index contributed by atoms with van der Waals surface area (Å²) in [6.07, 6.45) is 0. The lowest BCUT2D eigenvalue weighted by Crippen LogP contribution is -2.13. The number of rotatable bonds is 3. The lowest BCUT2D eigenvalue weighted by molar-refractivity contribution is 0.102. The van der Waals surface area contributed by atoms with Gasteiger partial charge in [0.15, 0.2) is 0 Å². The molecule has 0 unspecified atom stereocenters. The van der Waals surface area contributed by atoms with Crippen LogP contribution >= 0.6 is 27.5 Å². The number of halogens is 2. The van der Waals surface area contributed by atoms with Gasteiger partial charge in [0.1, 0.15) is 0 Å². The maximum atomic E-state index is 13.0. The molecular weight excluding hydrogens is 424 g/mol. The molecule has 0 aliphatic rings. The van der Waals surface area contributed by atoms with Gasteiger partial charge in [-0.2, -0.15) is 0 Å². The zero-order valence-corrected chi connectivity index (χ0v) is 16.5. The molecule has 0 atom stereocenters. The molecule has 132 valence electrons. The number of anilines is 1. The van der Waals surface area contributed by atoms with Gasteiger partial charge in [0.2, 0.25) is 0 Å². The normalized spacial score (nSPS) is 10.7. The highest BCUT2D eigenvalue weighted by atomic mass is 79.9. The van der Waals surface area contributed by atoms with Crippen molar-refractivity contribution in [3.8, 4) is 11.3 Å². The summed E-state index contributed by atoms with van der Waals surface area (Å²) in [5, 5.41) is 4.27. The molecule has 1 N–H and O–H groups in total. The fraction of sp³-hybridized carbons (Fsp3) is 0. The molecule has 3 aromatic carbocycles. The van der Waals surface area contributed by atoms with Crippen LogP contribution in [0.4, 0.5) is 5.69 Å². The van der Waals surface area contributed by atoms with Crippen LogP contribution in [0.25, 0.3) is 22.2 Å². The van der Waals surface area contributed by atoms with Crippen LogP contribution in [-0.4, -0.2) is 10.9 Å². The third-order valence-corrected chi connectivity index (χ3v) is 5.44. The van der Waals surface area contributed by atoms with Crippen LogP contribution in [0.15, 0.2) is 83.3 Å². The molecule has 4 aromatic rings. The zero-order valence-electron chi connectivity index (χ0n) is 14.1. The summed E-state index contributed by atoms with van der Waals surface area (Å²) in [7, 11) is 0. The highest BCUT2D eigenvalue weighted by Crippen LogP contribution is 2.28. The Morgan fingerprint density at radius 3 is 2.44 bits per heavy atom. The summed E-state index contributed by atoms with van der Waals surface area (Å²) in [6, 6.07) is 24.6. The number of nitrogens with one attached hydrogen (secondary N) is 1. The van der Waals surface area contributed by atoms with Gasteiger partial charge in [-0.25, -0.2) is 4.98 Å². The molecule has 0 aliphatic heterocycles. The van der Waals surface area contributed by atoms with Crippen molar-refractivity contribution in [2.24, 2.45) is 0 Å². The van der Waals surface area contributed by atoms with Crippen molar-refractivity contribution in [2.45, 2.75) is 0 Å². The topological polar surface area (TPSA) is 42.0 Å². The average molecular weight is 438 g/mol. The number of benzene rings is 3. The standard InChI is InChI=1S/C22H14BrClN2O/c23-18-11-10-15(12-19(18)24)25-22(27)17-13-21(14-6-2-1-3-7-14)26-20-9-5-4-8-16(17)20/h1-13H,(H,25,27). The molecule has 3 nitrogen and oxygen atoms in total. The second kappa shape index (κ2) is 7.51. The van der Waals surface area contributed by atoms with E-state index in [1.807, 2.05) is 60.7 Å². The fourth-order valence-corrected chi connectivity index (χ4v) is 3.32.